The second-order valence-corrected chi connectivity index (χ2v) is 0.476. The van der Waals surface area contributed by atoms with Gasteiger partial charge in [0.2, 0.25) is 0 Å². The predicted molar refractivity (Wildman–Crippen MR) is 57.7 cm³/mol. The molecule has 0 unspecified atom stereocenters. The summed E-state index contributed by atoms with van der Waals surface area (Å²) in [6, 6.07) is 0. The van der Waals surface area contributed by atoms with Crippen LogP contribution in [0.5, 0.6) is 0 Å². The average Bonchev–Trinajstić information content (AvgIpc) is 1.66. The molecule has 12 heteroatoms. The van der Waals surface area contributed by atoms with Crippen molar-refractivity contribution in [3.05, 3.63) is 27.7 Å². The first kappa shape index (κ1) is 55.1. The summed E-state index contributed by atoms with van der Waals surface area (Å²) in [4.78, 5) is 16.7. The van der Waals surface area contributed by atoms with Crippen molar-refractivity contribution in [1.82, 2.24) is 0 Å². The summed E-state index contributed by atoms with van der Waals surface area (Å²) < 4.78 is 0. The maximum absolute atomic E-state index is 8.36. The van der Waals surface area contributed by atoms with Crippen LogP contribution >= 0.6 is 24.0 Å². The molecule has 88 valence electrons. The molecule has 0 amide bonds. The third kappa shape index (κ3) is 1410. The minimum atomic E-state index is -1.50. The van der Waals surface area contributed by atoms with Gasteiger partial charge in [-0.25, -0.2) is 0 Å². The SMILES string of the molecule is C.I.O=[N+]([O-])O.O=[N+]([O-])O.[B]C.[CH3-].[Y].[Y]. The van der Waals surface area contributed by atoms with Crippen molar-refractivity contribution in [2.75, 3.05) is 0 Å². The van der Waals surface area contributed by atoms with E-state index in [0.29, 0.717) is 0 Å². The minimum Gasteiger partial charge on any atom is -0.358 e. The van der Waals surface area contributed by atoms with Crippen molar-refractivity contribution in [3.63, 3.8) is 0 Å². The van der Waals surface area contributed by atoms with Gasteiger partial charge < -0.3 is 17.8 Å². The van der Waals surface area contributed by atoms with Crippen molar-refractivity contribution in [3.8, 4) is 0 Å². The van der Waals surface area contributed by atoms with Crippen molar-refractivity contribution < 1.29 is 86.0 Å². The second kappa shape index (κ2) is 58.3. The molecule has 0 bridgehead atoms. The monoisotopic (exact) mass is 489 g/mol. The van der Waals surface area contributed by atoms with Crippen molar-refractivity contribution >= 4 is 31.8 Å². The standard InChI is InChI=1S/CH3B.CH4.CH3.HI.2HNO3.2Y/c1-2;;;;2*2-1(3)4;;/h1H3;1H4;1H3;1H;2*(H,2,3,4);;/q;;-1;;;;;. The minimum absolute atomic E-state index is 0. The number of rotatable bonds is 0. The van der Waals surface area contributed by atoms with E-state index in [1.165, 1.54) is 6.82 Å². The molecule has 0 saturated carbocycles. The van der Waals surface area contributed by atoms with Gasteiger partial charge in [0.1, 0.15) is 0 Å². The Labute approximate surface area is 157 Å². The first-order valence-electron chi connectivity index (χ1n) is 1.71. The van der Waals surface area contributed by atoms with E-state index >= 15 is 0 Å². The third-order valence-electron chi connectivity index (χ3n) is 0. The summed E-state index contributed by atoms with van der Waals surface area (Å²) in [6.07, 6.45) is 0. The molecule has 0 atom stereocenters. The molecule has 0 aliphatic heterocycles. The fourth-order valence-corrected chi connectivity index (χ4v) is 0. The van der Waals surface area contributed by atoms with E-state index in [1.54, 1.807) is 0 Å². The summed E-state index contributed by atoms with van der Waals surface area (Å²) in [7, 11) is 4.50. The summed E-state index contributed by atoms with van der Waals surface area (Å²) in [5.74, 6) is 0. The van der Waals surface area contributed by atoms with Crippen LogP contribution in [0.3, 0.4) is 0 Å². The van der Waals surface area contributed by atoms with Gasteiger partial charge in [-0.1, -0.05) is 14.2 Å². The zero-order valence-electron chi connectivity index (χ0n) is 7.56. The second-order valence-electron chi connectivity index (χ2n) is 0.476. The number of halogens is 1. The molecule has 0 aliphatic rings. The molecule has 0 aromatic heterocycles. The van der Waals surface area contributed by atoms with Crippen molar-refractivity contribution in [2.24, 2.45) is 0 Å². The Morgan fingerprint density at radius 1 is 1.00 bits per heavy atom. The molecular formula is C3H13BIN2O6Y2-. The molecule has 2 N–H and O–H groups in total. The van der Waals surface area contributed by atoms with Crippen molar-refractivity contribution in [2.45, 2.75) is 14.2 Å². The van der Waals surface area contributed by atoms with Crippen LogP contribution in [0.15, 0.2) is 0 Å². The summed E-state index contributed by atoms with van der Waals surface area (Å²) in [5.41, 5.74) is 0. The summed E-state index contributed by atoms with van der Waals surface area (Å²) in [5, 5.41) is 27.3. The fraction of sp³-hybridized carbons (Fsp3) is 0.667. The van der Waals surface area contributed by atoms with E-state index in [9.17, 15) is 0 Å². The van der Waals surface area contributed by atoms with E-state index in [1.807, 2.05) is 0 Å². The molecule has 4 radical (unpaired) electrons. The molecule has 0 heterocycles. The Hall–Kier alpha value is 1.40. The van der Waals surface area contributed by atoms with Gasteiger partial charge in [-0.2, -0.15) is 0 Å². The number of hydrogen-bond acceptors (Lipinski definition) is 4. The topological polar surface area (TPSA) is 127 Å². The van der Waals surface area contributed by atoms with Crippen LogP contribution in [0.4, 0.5) is 0 Å². The van der Waals surface area contributed by atoms with E-state index in [-0.39, 0.29) is 104 Å². The van der Waals surface area contributed by atoms with E-state index in [4.69, 9.17) is 30.6 Å². The van der Waals surface area contributed by atoms with E-state index in [2.05, 4.69) is 7.85 Å². The largest absolute Gasteiger partial charge is 0.358 e. The summed E-state index contributed by atoms with van der Waals surface area (Å²) >= 11 is 0. The predicted octanol–water partition coefficient (Wildman–Crippen LogP) is 1.21. The van der Waals surface area contributed by atoms with E-state index < -0.39 is 10.2 Å². The smallest absolute Gasteiger partial charge is 0.291 e. The zero-order chi connectivity index (χ0) is 9.15. The van der Waals surface area contributed by atoms with Crippen LogP contribution in [0, 0.1) is 27.7 Å². The van der Waals surface area contributed by atoms with Crippen molar-refractivity contribution in [1.29, 1.82) is 0 Å². The van der Waals surface area contributed by atoms with Crippen LogP contribution in [0.25, 0.3) is 0 Å². The van der Waals surface area contributed by atoms with Crippen LogP contribution in [-0.2, 0) is 65.4 Å². The molecule has 15 heavy (non-hydrogen) atoms. The van der Waals surface area contributed by atoms with Gasteiger partial charge in [0.15, 0.2) is 0 Å². The molecule has 0 rings (SSSR count). The first-order valence-corrected chi connectivity index (χ1v) is 1.71. The maximum Gasteiger partial charge on any atom is 0.291 e. The van der Waals surface area contributed by atoms with Crippen LogP contribution in [-0.4, -0.2) is 28.4 Å². The average molecular weight is 489 g/mol. The van der Waals surface area contributed by atoms with Gasteiger partial charge in [0, 0.05) is 65.4 Å². The Morgan fingerprint density at radius 2 is 1.00 bits per heavy atom. The van der Waals surface area contributed by atoms with Crippen LogP contribution in [0.1, 0.15) is 7.43 Å². The van der Waals surface area contributed by atoms with Gasteiger partial charge >= 0.3 is 0 Å². The van der Waals surface area contributed by atoms with E-state index in [0.717, 1.165) is 0 Å². The molecule has 0 spiro atoms. The Morgan fingerprint density at radius 3 is 1.00 bits per heavy atom. The molecule has 8 nitrogen and oxygen atoms in total. The van der Waals surface area contributed by atoms with Gasteiger partial charge in [0.25, 0.3) is 10.2 Å². The number of nitrogens with zero attached hydrogens (tertiary/aromatic N) is 2. The van der Waals surface area contributed by atoms with Gasteiger partial charge in [0.05, 0.1) is 7.85 Å². The maximum atomic E-state index is 8.36. The van der Waals surface area contributed by atoms with Gasteiger partial charge in [-0.3, -0.25) is 0 Å². The Kier molecular flexibility index (Phi) is 214. The summed E-state index contributed by atoms with van der Waals surface area (Å²) in [6.45, 7) is 1.50. The molecule has 0 aromatic rings. The first-order chi connectivity index (χ1) is 4.46. The van der Waals surface area contributed by atoms with Crippen LogP contribution < -0.4 is 0 Å². The van der Waals surface area contributed by atoms with Gasteiger partial charge in [-0.05, 0) is 0 Å². The quantitative estimate of drug-likeness (QED) is 0.173. The Bertz CT molecular complexity index is 92.4. The molecular weight excluding hydrogens is 476 g/mol. The normalized spacial score (nSPS) is 3.53. The fourth-order valence-electron chi connectivity index (χ4n) is 0. The molecule has 0 aromatic carbocycles. The molecule has 0 aliphatic carbocycles. The van der Waals surface area contributed by atoms with Crippen LogP contribution in [0.2, 0.25) is 6.82 Å². The zero-order valence-corrected chi connectivity index (χ0v) is 15.6. The van der Waals surface area contributed by atoms with Gasteiger partial charge in [-0.15, -0.1) is 44.2 Å². The number of hydrogen-bond donors (Lipinski definition) is 2. The molecule has 0 saturated heterocycles. The Balaban J connectivity index is -0.00000000726. The third-order valence-corrected chi connectivity index (χ3v) is 0. The molecule has 0 fully saturated rings.